The average molecular weight is 483 g/mol. The van der Waals surface area contributed by atoms with Crippen molar-refractivity contribution in [1.29, 1.82) is 0 Å². The molecule has 0 spiro atoms. The van der Waals surface area contributed by atoms with Gasteiger partial charge < -0.3 is 5.32 Å². The van der Waals surface area contributed by atoms with Gasteiger partial charge in [0.25, 0.3) is 0 Å². The van der Waals surface area contributed by atoms with Crippen LogP contribution in [0.4, 0.5) is 13.2 Å². The third kappa shape index (κ3) is 5.90. The molecule has 1 heterocycles. The fourth-order valence-electron chi connectivity index (χ4n) is 3.04. The minimum Gasteiger partial charge on any atom is -0.307 e. The van der Waals surface area contributed by atoms with Crippen molar-refractivity contribution in [2.24, 2.45) is 0 Å². The predicted molar refractivity (Wildman–Crippen MR) is 104 cm³/mol. The molecular formula is C18H25F3IN3O. The van der Waals surface area contributed by atoms with E-state index < -0.39 is 11.7 Å². The van der Waals surface area contributed by atoms with Gasteiger partial charge in [-0.3, -0.25) is 9.69 Å². The molecule has 1 aliphatic rings. The molecule has 8 heteroatoms. The van der Waals surface area contributed by atoms with E-state index in [9.17, 15) is 18.0 Å². The zero-order valence-electron chi connectivity index (χ0n) is 15.2. The molecule has 0 aliphatic carbocycles. The summed E-state index contributed by atoms with van der Waals surface area (Å²) in [4.78, 5) is 14.2. The van der Waals surface area contributed by atoms with E-state index in [0.717, 1.165) is 25.6 Å². The number of ketones is 1. The molecule has 1 fully saturated rings. The van der Waals surface area contributed by atoms with Gasteiger partial charge in [-0.1, -0.05) is 26.0 Å². The van der Waals surface area contributed by atoms with Crippen LogP contribution in [0.1, 0.15) is 41.8 Å². The molecule has 0 saturated carbocycles. The summed E-state index contributed by atoms with van der Waals surface area (Å²) in [5.74, 6) is -0.330. The van der Waals surface area contributed by atoms with E-state index in [1.54, 1.807) is 0 Å². The van der Waals surface area contributed by atoms with Crippen LogP contribution in [0.15, 0.2) is 18.2 Å². The topological polar surface area (TPSA) is 35.6 Å². The van der Waals surface area contributed by atoms with Gasteiger partial charge in [-0.15, -0.1) is 0 Å². The molecule has 1 saturated heterocycles. The van der Waals surface area contributed by atoms with Crippen molar-refractivity contribution in [1.82, 2.24) is 13.3 Å². The lowest BCUT2D eigenvalue weighted by molar-refractivity contribution is -0.138. The molecule has 0 radical (unpaired) electrons. The van der Waals surface area contributed by atoms with Crippen LogP contribution < -0.4 is 5.32 Å². The summed E-state index contributed by atoms with van der Waals surface area (Å²) in [6.07, 6.45) is -3.53. The second kappa shape index (κ2) is 8.99. The van der Waals surface area contributed by atoms with Gasteiger partial charge in [-0.2, -0.15) is 13.2 Å². The fourth-order valence-corrected chi connectivity index (χ4v) is 3.49. The highest BCUT2D eigenvalue weighted by Gasteiger charge is 2.35. The molecule has 1 aromatic rings. The number of nitrogens with one attached hydrogen (secondary N) is 1. The van der Waals surface area contributed by atoms with E-state index in [1.807, 2.05) is 25.8 Å². The summed E-state index contributed by atoms with van der Waals surface area (Å²) >= 11 is 2.21. The normalized spacial score (nSPS) is 18.9. The Morgan fingerprint density at radius 1 is 1.42 bits per heavy atom. The number of carbonyl (C=O) groups excluding carboxylic acids is 1. The second-order valence-electron chi connectivity index (χ2n) is 7.03. The Kier molecular flexibility index (Phi) is 7.46. The maximum atomic E-state index is 13.5. The van der Waals surface area contributed by atoms with Crippen molar-refractivity contribution >= 4 is 28.6 Å². The molecule has 2 rings (SSSR count). The Balaban J connectivity index is 2.17. The first-order chi connectivity index (χ1) is 12.1. The van der Waals surface area contributed by atoms with Gasteiger partial charge in [-0.05, 0) is 25.1 Å². The number of carbonyl (C=O) groups is 1. The molecule has 26 heavy (non-hydrogen) atoms. The number of rotatable bonds is 7. The Hall–Kier alpha value is -0.710. The smallest absolute Gasteiger partial charge is 0.307 e. The summed E-state index contributed by atoms with van der Waals surface area (Å²) in [5, 5.41) is 2.95. The van der Waals surface area contributed by atoms with Gasteiger partial charge in [0.1, 0.15) is 0 Å². The number of benzene rings is 1. The summed E-state index contributed by atoms with van der Waals surface area (Å²) < 4.78 is 42.7. The lowest BCUT2D eigenvalue weighted by Gasteiger charge is -2.21. The molecule has 0 bridgehead atoms. The number of likely N-dealkylation sites (tertiary alicyclic amines) is 1. The Morgan fingerprint density at radius 2 is 2.12 bits per heavy atom. The quantitative estimate of drug-likeness (QED) is 0.364. The maximum absolute atomic E-state index is 13.5. The van der Waals surface area contributed by atoms with Crippen LogP contribution in [-0.2, 0) is 12.7 Å². The average Bonchev–Trinajstić information content (AvgIpc) is 3.00. The van der Waals surface area contributed by atoms with Crippen molar-refractivity contribution in [3.05, 3.63) is 34.9 Å². The zero-order chi connectivity index (χ0) is 19.5. The molecule has 1 N–H and O–H groups in total. The highest BCUT2D eigenvalue weighted by atomic mass is 127. The number of Topliss-reactive ketones (excluding diaryl/α,β-unsaturated/α-hetero) is 1. The highest BCUT2D eigenvalue weighted by Crippen LogP contribution is 2.34. The van der Waals surface area contributed by atoms with Crippen LogP contribution in [0.25, 0.3) is 0 Å². The molecule has 1 atom stereocenters. The third-order valence-electron chi connectivity index (χ3n) is 4.55. The molecule has 0 amide bonds. The van der Waals surface area contributed by atoms with E-state index in [2.05, 4.69) is 31.3 Å². The SMILES string of the molecule is CC(C)NCC(=O)c1ccc(CN2CCC(N(C)I)C2)c(C(F)(F)F)c1. The van der Waals surface area contributed by atoms with Crippen LogP contribution in [0.2, 0.25) is 0 Å². The molecule has 1 unspecified atom stereocenters. The van der Waals surface area contributed by atoms with Crippen LogP contribution in [0.5, 0.6) is 0 Å². The summed E-state index contributed by atoms with van der Waals surface area (Å²) in [6.45, 7) is 5.56. The minimum absolute atomic E-state index is 0.0319. The second-order valence-corrected chi connectivity index (χ2v) is 8.55. The van der Waals surface area contributed by atoms with Gasteiger partial charge in [0, 0.05) is 60.1 Å². The standard InChI is InChI=1S/C18H25F3IN3O/c1-12(2)23-9-17(26)13-4-5-14(16(8-13)18(19,20)21)10-25-7-6-15(11-25)24(3)22/h4-5,8,12,15,23H,6-7,9-11H2,1-3H3. The van der Waals surface area contributed by atoms with E-state index in [0.29, 0.717) is 6.04 Å². The number of likely N-dealkylation sites (N-methyl/N-ethyl adjacent to an activating group) is 1. The van der Waals surface area contributed by atoms with Crippen molar-refractivity contribution in [2.45, 2.75) is 45.1 Å². The Bertz CT molecular complexity index is 635. The minimum atomic E-state index is -4.48. The molecule has 1 aliphatic heterocycles. The molecule has 1 aromatic carbocycles. The van der Waals surface area contributed by atoms with Crippen molar-refractivity contribution in [3.63, 3.8) is 0 Å². The van der Waals surface area contributed by atoms with Crippen LogP contribution in [0.3, 0.4) is 0 Å². The highest BCUT2D eigenvalue weighted by molar-refractivity contribution is 14.1. The van der Waals surface area contributed by atoms with Crippen LogP contribution in [-0.4, -0.2) is 52.6 Å². The summed E-state index contributed by atoms with van der Waals surface area (Å²) in [7, 11) is 1.97. The molecule has 4 nitrogen and oxygen atoms in total. The third-order valence-corrected chi connectivity index (χ3v) is 5.34. The zero-order valence-corrected chi connectivity index (χ0v) is 17.4. The van der Waals surface area contributed by atoms with E-state index in [-0.39, 0.29) is 36.0 Å². The number of hydrogen-bond acceptors (Lipinski definition) is 4. The molecule has 146 valence electrons. The fraction of sp³-hybridized carbons (Fsp3) is 0.611. The summed E-state index contributed by atoms with van der Waals surface area (Å²) in [5.41, 5.74) is -0.387. The number of halogens is 4. The lowest BCUT2D eigenvalue weighted by atomic mass is 10.0. The van der Waals surface area contributed by atoms with Crippen molar-refractivity contribution in [3.8, 4) is 0 Å². The Morgan fingerprint density at radius 3 is 2.65 bits per heavy atom. The van der Waals surface area contributed by atoms with Gasteiger partial charge in [-0.25, -0.2) is 3.11 Å². The van der Waals surface area contributed by atoms with Crippen LogP contribution in [0, 0.1) is 0 Å². The van der Waals surface area contributed by atoms with E-state index in [4.69, 9.17) is 0 Å². The first-order valence-corrected chi connectivity index (χ1v) is 9.62. The maximum Gasteiger partial charge on any atom is 0.416 e. The van der Waals surface area contributed by atoms with E-state index >= 15 is 0 Å². The van der Waals surface area contributed by atoms with Gasteiger partial charge in [0.15, 0.2) is 5.78 Å². The largest absolute Gasteiger partial charge is 0.416 e. The lowest BCUT2D eigenvalue weighted by Crippen LogP contribution is -2.30. The summed E-state index contributed by atoms with van der Waals surface area (Å²) in [6, 6.07) is 4.41. The first kappa shape index (κ1) is 21.6. The predicted octanol–water partition coefficient (Wildman–Crippen LogP) is 3.74. The van der Waals surface area contributed by atoms with Gasteiger partial charge >= 0.3 is 6.18 Å². The number of nitrogens with zero attached hydrogens (tertiary/aromatic N) is 2. The van der Waals surface area contributed by atoms with Gasteiger partial charge in [0.05, 0.1) is 12.1 Å². The molecular weight excluding hydrogens is 458 g/mol. The number of alkyl halides is 3. The first-order valence-electron chi connectivity index (χ1n) is 8.65. The molecule has 0 aromatic heterocycles. The monoisotopic (exact) mass is 483 g/mol. The Labute approximate surface area is 166 Å². The van der Waals surface area contributed by atoms with Crippen LogP contribution >= 0.6 is 22.9 Å². The van der Waals surface area contributed by atoms with Gasteiger partial charge in [0.2, 0.25) is 0 Å². The number of hydrogen-bond donors (Lipinski definition) is 1. The van der Waals surface area contributed by atoms with Crippen molar-refractivity contribution < 1.29 is 18.0 Å². The van der Waals surface area contributed by atoms with E-state index in [1.165, 1.54) is 12.1 Å². The van der Waals surface area contributed by atoms with Crippen molar-refractivity contribution in [2.75, 3.05) is 26.7 Å².